The lowest BCUT2D eigenvalue weighted by Gasteiger charge is -2.35. The number of hydrogen-bond acceptors (Lipinski definition) is 2. The Morgan fingerprint density at radius 2 is 1.92 bits per heavy atom. The predicted molar refractivity (Wildman–Crippen MR) is 48.5 cm³/mol. The molecule has 0 radical (unpaired) electrons. The molecular formula is C9H18F2N2. The minimum absolute atomic E-state index is 0.0903. The fourth-order valence-electron chi connectivity index (χ4n) is 2.20. The lowest BCUT2D eigenvalue weighted by molar-refractivity contribution is 0.0211. The van der Waals surface area contributed by atoms with Gasteiger partial charge >= 0.3 is 0 Å². The van der Waals surface area contributed by atoms with Gasteiger partial charge < -0.3 is 0 Å². The summed E-state index contributed by atoms with van der Waals surface area (Å²) in [4.78, 5) is 0. The van der Waals surface area contributed by atoms with Gasteiger partial charge in [0.05, 0.1) is 5.92 Å². The van der Waals surface area contributed by atoms with E-state index in [1.54, 1.807) is 0 Å². The number of hydrazine groups is 1. The van der Waals surface area contributed by atoms with E-state index < -0.39 is 12.3 Å². The standard InChI is InChI=1S/C9H18F2N2/c1-9(2,3)7-6(8(10)11)5-12-13(7)4/h6-8,12H,5H2,1-4H3. The van der Waals surface area contributed by atoms with Gasteiger partial charge in [0, 0.05) is 19.6 Å². The van der Waals surface area contributed by atoms with Crippen molar-refractivity contribution in [1.29, 1.82) is 0 Å². The minimum atomic E-state index is -2.23. The first-order valence-corrected chi connectivity index (χ1v) is 4.58. The van der Waals surface area contributed by atoms with Gasteiger partial charge in [0.25, 0.3) is 0 Å². The minimum Gasteiger partial charge on any atom is -0.255 e. The smallest absolute Gasteiger partial charge is 0.244 e. The van der Waals surface area contributed by atoms with Crippen LogP contribution in [0.5, 0.6) is 0 Å². The second kappa shape index (κ2) is 3.50. The van der Waals surface area contributed by atoms with Crippen molar-refractivity contribution < 1.29 is 8.78 Å². The van der Waals surface area contributed by atoms with E-state index in [1.807, 2.05) is 32.8 Å². The molecule has 4 heteroatoms. The van der Waals surface area contributed by atoms with Crippen molar-refractivity contribution in [3.05, 3.63) is 0 Å². The molecule has 1 N–H and O–H groups in total. The second-order valence-corrected chi connectivity index (χ2v) is 4.78. The first-order valence-electron chi connectivity index (χ1n) is 4.58. The number of rotatable bonds is 1. The highest BCUT2D eigenvalue weighted by Crippen LogP contribution is 2.34. The zero-order valence-electron chi connectivity index (χ0n) is 8.64. The van der Waals surface area contributed by atoms with Crippen molar-refractivity contribution >= 4 is 0 Å². The fraction of sp³-hybridized carbons (Fsp3) is 1.00. The van der Waals surface area contributed by atoms with Gasteiger partial charge in [0.1, 0.15) is 0 Å². The van der Waals surface area contributed by atoms with Crippen molar-refractivity contribution in [1.82, 2.24) is 10.4 Å². The number of alkyl halides is 2. The highest BCUT2D eigenvalue weighted by molar-refractivity contribution is 4.92. The van der Waals surface area contributed by atoms with Crippen LogP contribution in [0.1, 0.15) is 20.8 Å². The van der Waals surface area contributed by atoms with Gasteiger partial charge in [-0.25, -0.2) is 13.8 Å². The topological polar surface area (TPSA) is 15.3 Å². The maximum atomic E-state index is 12.6. The largest absolute Gasteiger partial charge is 0.255 e. The maximum absolute atomic E-state index is 12.6. The zero-order valence-corrected chi connectivity index (χ0v) is 8.64. The lowest BCUT2D eigenvalue weighted by Crippen LogP contribution is -2.44. The third-order valence-electron chi connectivity index (χ3n) is 2.61. The summed E-state index contributed by atoms with van der Waals surface area (Å²) in [6.07, 6.45) is -2.23. The van der Waals surface area contributed by atoms with Gasteiger partial charge in [-0.3, -0.25) is 5.43 Å². The average molecular weight is 192 g/mol. The third kappa shape index (κ3) is 2.17. The highest BCUT2D eigenvalue weighted by Gasteiger charge is 2.44. The van der Waals surface area contributed by atoms with Gasteiger partial charge in [0.2, 0.25) is 6.43 Å². The number of halogens is 2. The van der Waals surface area contributed by atoms with Crippen LogP contribution in [0.3, 0.4) is 0 Å². The van der Waals surface area contributed by atoms with Crippen LogP contribution in [0.15, 0.2) is 0 Å². The van der Waals surface area contributed by atoms with Crippen LogP contribution < -0.4 is 5.43 Å². The molecular weight excluding hydrogens is 174 g/mol. The molecule has 1 rings (SSSR count). The first kappa shape index (κ1) is 10.9. The molecule has 0 aromatic carbocycles. The average Bonchev–Trinajstić information content (AvgIpc) is 2.28. The fourth-order valence-corrected chi connectivity index (χ4v) is 2.20. The number of nitrogens with zero attached hydrogens (tertiary/aromatic N) is 1. The monoisotopic (exact) mass is 192 g/mol. The highest BCUT2D eigenvalue weighted by atomic mass is 19.3. The molecule has 0 aromatic rings. The number of nitrogens with one attached hydrogen (secondary N) is 1. The van der Waals surface area contributed by atoms with Crippen molar-refractivity contribution in [3.8, 4) is 0 Å². The van der Waals surface area contributed by atoms with E-state index in [0.29, 0.717) is 6.54 Å². The molecule has 13 heavy (non-hydrogen) atoms. The van der Waals surface area contributed by atoms with Crippen LogP contribution >= 0.6 is 0 Å². The molecule has 0 spiro atoms. The lowest BCUT2D eigenvalue weighted by atomic mass is 9.80. The molecule has 0 saturated carbocycles. The molecule has 0 aliphatic carbocycles. The van der Waals surface area contributed by atoms with Gasteiger partial charge in [-0.1, -0.05) is 20.8 Å². The molecule has 2 atom stereocenters. The third-order valence-corrected chi connectivity index (χ3v) is 2.61. The van der Waals surface area contributed by atoms with Crippen LogP contribution in [-0.2, 0) is 0 Å². The van der Waals surface area contributed by atoms with Crippen molar-refractivity contribution in [3.63, 3.8) is 0 Å². The van der Waals surface area contributed by atoms with E-state index >= 15 is 0 Å². The Kier molecular flexibility index (Phi) is 2.92. The van der Waals surface area contributed by atoms with Crippen LogP contribution in [0.2, 0.25) is 0 Å². The summed E-state index contributed by atoms with van der Waals surface area (Å²) in [5, 5.41) is 1.82. The maximum Gasteiger partial charge on any atom is 0.244 e. The van der Waals surface area contributed by atoms with E-state index in [4.69, 9.17) is 0 Å². The van der Waals surface area contributed by atoms with Crippen molar-refractivity contribution in [2.24, 2.45) is 11.3 Å². The summed E-state index contributed by atoms with van der Waals surface area (Å²) in [6, 6.07) is -0.0903. The van der Waals surface area contributed by atoms with Gasteiger partial charge in [-0.2, -0.15) is 0 Å². The Morgan fingerprint density at radius 3 is 2.23 bits per heavy atom. The molecule has 1 saturated heterocycles. The molecule has 1 heterocycles. The van der Waals surface area contributed by atoms with Gasteiger partial charge in [-0.15, -0.1) is 0 Å². The van der Waals surface area contributed by atoms with E-state index in [9.17, 15) is 8.78 Å². The SMILES string of the molecule is CN1NCC(C(F)F)C1C(C)(C)C. The molecule has 2 unspecified atom stereocenters. The van der Waals surface area contributed by atoms with E-state index in [-0.39, 0.29) is 11.5 Å². The van der Waals surface area contributed by atoms with Gasteiger partial charge in [0.15, 0.2) is 0 Å². The Balaban J connectivity index is 2.77. The summed E-state index contributed by atoms with van der Waals surface area (Å²) >= 11 is 0. The molecule has 1 fully saturated rings. The molecule has 0 aromatic heterocycles. The van der Waals surface area contributed by atoms with Crippen LogP contribution in [0.25, 0.3) is 0 Å². The van der Waals surface area contributed by atoms with Gasteiger partial charge in [-0.05, 0) is 5.41 Å². The van der Waals surface area contributed by atoms with E-state index in [0.717, 1.165) is 0 Å². The molecule has 2 nitrogen and oxygen atoms in total. The van der Waals surface area contributed by atoms with Crippen molar-refractivity contribution in [2.45, 2.75) is 33.2 Å². The molecule has 1 aliphatic heterocycles. The summed E-state index contributed by atoms with van der Waals surface area (Å²) < 4.78 is 25.3. The number of hydrogen-bond donors (Lipinski definition) is 1. The van der Waals surface area contributed by atoms with Crippen LogP contribution in [-0.4, -0.2) is 31.1 Å². The molecule has 1 aliphatic rings. The second-order valence-electron chi connectivity index (χ2n) is 4.78. The van der Waals surface area contributed by atoms with E-state index in [2.05, 4.69) is 5.43 Å². The zero-order chi connectivity index (χ0) is 10.2. The van der Waals surface area contributed by atoms with Crippen LogP contribution in [0, 0.1) is 11.3 Å². The van der Waals surface area contributed by atoms with Crippen LogP contribution in [0.4, 0.5) is 8.78 Å². The summed E-state index contributed by atoms with van der Waals surface area (Å²) in [6.45, 7) is 6.37. The Labute approximate surface area is 78.3 Å². The normalized spacial score (nSPS) is 31.6. The van der Waals surface area contributed by atoms with Crippen molar-refractivity contribution in [2.75, 3.05) is 13.6 Å². The first-order chi connectivity index (χ1) is 5.84. The van der Waals surface area contributed by atoms with E-state index in [1.165, 1.54) is 0 Å². The summed E-state index contributed by atoms with van der Waals surface area (Å²) in [5.41, 5.74) is 2.85. The summed E-state index contributed by atoms with van der Waals surface area (Å²) in [5.74, 6) is -0.551. The molecule has 0 amide bonds. The Bertz CT molecular complexity index is 177. The Morgan fingerprint density at radius 1 is 1.38 bits per heavy atom. The summed E-state index contributed by atoms with van der Waals surface area (Å²) in [7, 11) is 1.83. The molecule has 0 bridgehead atoms. The quantitative estimate of drug-likeness (QED) is 0.680. The molecule has 78 valence electrons. The predicted octanol–water partition coefficient (Wildman–Crippen LogP) is 1.73. The Hall–Kier alpha value is -0.220.